The van der Waals surface area contributed by atoms with Gasteiger partial charge in [0.05, 0.1) is 10.2 Å². The van der Waals surface area contributed by atoms with Crippen LogP contribution in [0.5, 0.6) is 0 Å². The molecule has 0 saturated carbocycles. The number of likely N-dealkylation sites (N-methyl/N-ethyl adjacent to an activating group) is 1. The van der Waals surface area contributed by atoms with Gasteiger partial charge in [-0.25, -0.2) is 4.98 Å². The molecule has 1 fully saturated rings. The molecule has 1 aliphatic rings. The molecule has 1 aromatic carbocycles. The highest BCUT2D eigenvalue weighted by atomic mass is 32.1. The number of rotatable bonds is 4. The minimum absolute atomic E-state index is 0.626. The SMILES string of the molecule is CCN(CC1CCCCN1)c1nc2ccccc2s1. The minimum atomic E-state index is 0.626. The fourth-order valence-corrected chi connectivity index (χ4v) is 3.72. The fraction of sp³-hybridized carbons (Fsp3) is 0.533. The molecule has 2 aromatic rings. The van der Waals surface area contributed by atoms with Crippen LogP contribution in [0.3, 0.4) is 0 Å². The molecular weight excluding hydrogens is 254 g/mol. The van der Waals surface area contributed by atoms with E-state index in [-0.39, 0.29) is 0 Å². The number of benzene rings is 1. The number of para-hydroxylation sites is 1. The van der Waals surface area contributed by atoms with E-state index < -0.39 is 0 Å². The van der Waals surface area contributed by atoms with Crippen LogP contribution in [0.25, 0.3) is 10.2 Å². The number of nitrogens with zero attached hydrogens (tertiary/aromatic N) is 2. The lowest BCUT2D eigenvalue weighted by molar-refractivity contribution is 0.400. The highest BCUT2D eigenvalue weighted by molar-refractivity contribution is 7.22. The van der Waals surface area contributed by atoms with Crippen molar-refractivity contribution in [3.8, 4) is 0 Å². The highest BCUT2D eigenvalue weighted by Crippen LogP contribution is 2.28. The van der Waals surface area contributed by atoms with Crippen LogP contribution < -0.4 is 10.2 Å². The van der Waals surface area contributed by atoms with Crippen molar-refractivity contribution in [3.05, 3.63) is 24.3 Å². The van der Waals surface area contributed by atoms with Gasteiger partial charge in [-0.15, -0.1) is 0 Å². The molecule has 0 spiro atoms. The molecule has 19 heavy (non-hydrogen) atoms. The second-order valence-electron chi connectivity index (χ2n) is 5.15. The number of aromatic nitrogens is 1. The van der Waals surface area contributed by atoms with Crippen molar-refractivity contribution in [1.29, 1.82) is 0 Å². The maximum Gasteiger partial charge on any atom is 0.186 e. The van der Waals surface area contributed by atoms with Gasteiger partial charge in [0.25, 0.3) is 0 Å². The summed E-state index contributed by atoms with van der Waals surface area (Å²) in [7, 11) is 0. The molecule has 3 nitrogen and oxygen atoms in total. The number of thiazole rings is 1. The van der Waals surface area contributed by atoms with Gasteiger partial charge in [-0.2, -0.15) is 0 Å². The molecule has 1 N–H and O–H groups in total. The summed E-state index contributed by atoms with van der Waals surface area (Å²) in [5, 5.41) is 4.79. The molecule has 0 bridgehead atoms. The first-order chi connectivity index (χ1) is 9.36. The van der Waals surface area contributed by atoms with Gasteiger partial charge in [-0.1, -0.05) is 29.9 Å². The molecule has 1 saturated heterocycles. The number of hydrogen-bond donors (Lipinski definition) is 1. The van der Waals surface area contributed by atoms with Gasteiger partial charge in [-0.3, -0.25) is 0 Å². The average Bonchev–Trinajstić information content (AvgIpc) is 2.89. The van der Waals surface area contributed by atoms with Gasteiger partial charge in [0, 0.05) is 19.1 Å². The summed E-state index contributed by atoms with van der Waals surface area (Å²) in [6.07, 6.45) is 3.97. The van der Waals surface area contributed by atoms with Crippen LogP contribution in [0.1, 0.15) is 26.2 Å². The molecule has 2 heterocycles. The predicted molar refractivity (Wildman–Crippen MR) is 83.1 cm³/mol. The second kappa shape index (κ2) is 5.88. The first kappa shape index (κ1) is 12.9. The summed E-state index contributed by atoms with van der Waals surface area (Å²) in [6, 6.07) is 9.03. The lowest BCUT2D eigenvalue weighted by atomic mass is 10.0. The normalized spacial score (nSPS) is 19.7. The third-order valence-electron chi connectivity index (χ3n) is 3.79. The molecule has 4 heteroatoms. The van der Waals surface area contributed by atoms with Gasteiger partial charge in [0.15, 0.2) is 5.13 Å². The minimum Gasteiger partial charge on any atom is -0.347 e. The number of anilines is 1. The maximum atomic E-state index is 4.77. The number of nitrogens with one attached hydrogen (secondary N) is 1. The van der Waals surface area contributed by atoms with Crippen LogP contribution in [-0.2, 0) is 0 Å². The predicted octanol–water partition coefficient (Wildman–Crippen LogP) is 3.26. The summed E-state index contributed by atoms with van der Waals surface area (Å²) >= 11 is 1.81. The largest absolute Gasteiger partial charge is 0.347 e. The van der Waals surface area contributed by atoms with Crippen molar-refractivity contribution < 1.29 is 0 Å². The zero-order chi connectivity index (χ0) is 13.1. The van der Waals surface area contributed by atoms with Gasteiger partial charge in [0.1, 0.15) is 0 Å². The Balaban J connectivity index is 1.76. The van der Waals surface area contributed by atoms with Crippen molar-refractivity contribution in [2.75, 3.05) is 24.5 Å². The van der Waals surface area contributed by atoms with E-state index in [0.29, 0.717) is 6.04 Å². The Morgan fingerprint density at radius 3 is 3.00 bits per heavy atom. The van der Waals surface area contributed by atoms with Gasteiger partial charge >= 0.3 is 0 Å². The fourth-order valence-electron chi connectivity index (χ4n) is 2.68. The van der Waals surface area contributed by atoms with Gasteiger partial charge in [0.2, 0.25) is 0 Å². The average molecular weight is 275 g/mol. The summed E-state index contributed by atoms with van der Waals surface area (Å²) in [5.41, 5.74) is 1.12. The lowest BCUT2D eigenvalue weighted by Gasteiger charge is -2.29. The lowest BCUT2D eigenvalue weighted by Crippen LogP contribution is -2.43. The summed E-state index contributed by atoms with van der Waals surface area (Å²) in [6.45, 7) is 5.49. The van der Waals surface area contributed by atoms with E-state index in [0.717, 1.165) is 23.7 Å². The van der Waals surface area contributed by atoms with E-state index in [1.165, 1.54) is 30.5 Å². The van der Waals surface area contributed by atoms with E-state index in [9.17, 15) is 0 Å². The Kier molecular flexibility index (Phi) is 3.99. The van der Waals surface area contributed by atoms with Crippen molar-refractivity contribution in [1.82, 2.24) is 10.3 Å². The van der Waals surface area contributed by atoms with E-state index in [1.807, 2.05) is 0 Å². The molecule has 1 unspecified atom stereocenters. The van der Waals surface area contributed by atoms with E-state index in [1.54, 1.807) is 11.3 Å². The van der Waals surface area contributed by atoms with E-state index >= 15 is 0 Å². The van der Waals surface area contributed by atoms with Crippen molar-refractivity contribution in [3.63, 3.8) is 0 Å². The molecule has 1 atom stereocenters. The van der Waals surface area contributed by atoms with Gasteiger partial charge < -0.3 is 10.2 Å². The van der Waals surface area contributed by atoms with Crippen molar-refractivity contribution in [2.45, 2.75) is 32.2 Å². The first-order valence-corrected chi connectivity index (χ1v) is 8.02. The molecule has 0 amide bonds. The number of hydrogen-bond acceptors (Lipinski definition) is 4. The summed E-state index contributed by atoms with van der Waals surface area (Å²) in [5.74, 6) is 0. The zero-order valence-electron chi connectivity index (χ0n) is 11.4. The van der Waals surface area contributed by atoms with Crippen LogP contribution in [-0.4, -0.2) is 30.7 Å². The second-order valence-corrected chi connectivity index (χ2v) is 6.16. The molecule has 0 radical (unpaired) electrons. The first-order valence-electron chi connectivity index (χ1n) is 7.20. The maximum absolute atomic E-state index is 4.77. The van der Waals surface area contributed by atoms with Crippen LogP contribution in [0.2, 0.25) is 0 Å². The van der Waals surface area contributed by atoms with Crippen molar-refractivity contribution in [2.24, 2.45) is 0 Å². The smallest absolute Gasteiger partial charge is 0.186 e. The quantitative estimate of drug-likeness (QED) is 0.928. The van der Waals surface area contributed by atoms with Gasteiger partial charge in [-0.05, 0) is 38.4 Å². The monoisotopic (exact) mass is 275 g/mol. The molecule has 0 aliphatic carbocycles. The molecule has 3 rings (SSSR count). The molecule has 1 aliphatic heterocycles. The van der Waals surface area contributed by atoms with Crippen LogP contribution in [0.4, 0.5) is 5.13 Å². The molecule has 102 valence electrons. The van der Waals surface area contributed by atoms with E-state index in [4.69, 9.17) is 4.98 Å². The third-order valence-corrected chi connectivity index (χ3v) is 4.89. The standard InChI is InChI=1S/C15H21N3S/c1-2-18(11-12-7-5-6-10-16-12)15-17-13-8-3-4-9-14(13)19-15/h3-4,8-9,12,16H,2,5-7,10-11H2,1H3. The molecule has 1 aromatic heterocycles. The summed E-state index contributed by atoms with van der Waals surface area (Å²) in [4.78, 5) is 7.18. The zero-order valence-corrected chi connectivity index (χ0v) is 12.2. The topological polar surface area (TPSA) is 28.2 Å². The van der Waals surface area contributed by atoms with Crippen molar-refractivity contribution >= 4 is 26.7 Å². The summed E-state index contributed by atoms with van der Waals surface area (Å²) < 4.78 is 1.28. The Hall–Kier alpha value is -1.13. The number of fused-ring (bicyclic) bond motifs is 1. The Labute approximate surface area is 118 Å². The number of piperidine rings is 1. The molecular formula is C15H21N3S. The Morgan fingerprint density at radius 1 is 1.37 bits per heavy atom. The van der Waals surface area contributed by atoms with Crippen LogP contribution >= 0.6 is 11.3 Å². The third kappa shape index (κ3) is 2.90. The van der Waals surface area contributed by atoms with Crippen LogP contribution in [0, 0.1) is 0 Å². The Bertz CT molecular complexity index is 498. The van der Waals surface area contributed by atoms with Crippen LogP contribution in [0.15, 0.2) is 24.3 Å². The highest BCUT2D eigenvalue weighted by Gasteiger charge is 2.18. The Morgan fingerprint density at radius 2 is 2.26 bits per heavy atom. The van der Waals surface area contributed by atoms with E-state index in [2.05, 4.69) is 41.4 Å².